The van der Waals surface area contributed by atoms with Crippen molar-refractivity contribution in [3.05, 3.63) is 101 Å². The van der Waals surface area contributed by atoms with E-state index in [1.807, 2.05) is 54.6 Å². The summed E-state index contributed by atoms with van der Waals surface area (Å²) in [4.78, 5) is 31.0. The maximum atomic E-state index is 13.9. The highest BCUT2D eigenvalue weighted by molar-refractivity contribution is 5.87. The van der Waals surface area contributed by atoms with Crippen LogP contribution in [0.1, 0.15) is 46.8 Å². The molecule has 2 bridgehead atoms. The van der Waals surface area contributed by atoms with Crippen LogP contribution in [-0.4, -0.2) is 52.2 Å². The van der Waals surface area contributed by atoms with Crippen molar-refractivity contribution in [2.45, 2.75) is 37.0 Å². The summed E-state index contributed by atoms with van der Waals surface area (Å²) in [6.45, 7) is 2.03. The first-order valence-corrected chi connectivity index (χ1v) is 12.6. The summed E-state index contributed by atoms with van der Waals surface area (Å²) >= 11 is 0. The molecular formula is C29H30N3O4+. The topological polar surface area (TPSA) is 103 Å². The second-order valence-corrected chi connectivity index (χ2v) is 10.4. The van der Waals surface area contributed by atoms with Gasteiger partial charge in [0, 0.05) is 36.1 Å². The fraction of sp³-hybridized carbons (Fsp3) is 0.345. The normalized spacial score (nSPS) is 26.4. The highest BCUT2D eigenvalue weighted by Crippen LogP contribution is 2.45. The van der Waals surface area contributed by atoms with Crippen molar-refractivity contribution in [2.75, 3.05) is 19.6 Å². The van der Waals surface area contributed by atoms with Gasteiger partial charge in [-0.1, -0.05) is 54.6 Å². The minimum absolute atomic E-state index is 0.184. The molecule has 3 N–H and O–H groups in total. The van der Waals surface area contributed by atoms with E-state index in [-0.39, 0.29) is 5.92 Å². The van der Waals surface area contributed by atoms with Crippen molar-refractivity contribution >= 4 is 11.9 Å². The number of amides is 1. The van der Waals surface area contributed by atoms with E-state index in [2.05, 4.69) is 4.98 Å². The van der Waals surface area contributed by atoms with Crippen molar-refractivity contribution in [2.24, 2.45) is 11.7 Å². The quantitative estimate of drug-likeness (QED) is 0.428. The van der Waals surface area contributed by atoms with Gasteiger partial charge in [0.15, 0.2) is 6.10 Å². The third-order valence-corrected chi connectivity index (χ3v) is 8.49. The first-order valence-electron chi connectivity index (χ1n) is 12.6. The number of aromatic nitrogens is 1. The molecule has 3 aromatic rings. The Morgan fingerprint density at radius 2 is 1.58 bits per heavy atom. The summed E-state index contributed by atoms with van der Waals surface area (Å²) in [5.41, 5.74) is 7.66. The third-order valence-electron chi connectivity index (χ3n) is 8.49. The Morgan fingerprint density at radius 1 is 0.972 bits per heavy atom. The number of hydrogen-bond acceptors (Lipinski definition) is 5. The number of ether oxygens (including phenoxy) is 1. The van der Waals surface area contributed by atoms with Gasteiger partial charge in [-0.25, -0.2) is 4.79 Å². The summed E-state index contributed by atoms with van der Waals surface area (Å²) in [6, 6.07) is 19.9. The standard InChI is InChI=1S/C29H29N3O4/c30-27(33)26(24-11-5-6-14-31-24)32-15-12-19(13-16-32)25(18-32)36-28(34)29(35)22-9-3-1-7-20(22)17-21-8-2-4-10-23(21)29/h1-11,14,19,25-26,35H,12-13,15-18H2,(H-,30,33)/p+1/t19?,25-,26?,32?/m0/s1. The summed E-state index contributed by atoms with van der Waals surface area (Å²) in [6.07, 6.45) is 3.54. The van der Waals surface area contributed by atoms with E-state index in [9.17, 15) is 14.7 Å². The maximum absolute atomic E-state index is 13.9. The van der Waals surface area contributed by atoms with E-state index >= 15 is 0 Å². The third kappa shape index (κ3) is 3.45. The smallest absolute Gasteiger partial charge is 0.348 e. The Hall–Kier alpha value is -3.55. The van der Waals surface area contributed by atoms with Crippen LogP contribution in [0, 0.1) is 5.92 Å². The van der Waals surface area contributed by atoms with Crippen LogP contribution in [0.4, 0.5) is 0 Å². The highest BCUT2D eigenvalue weighted by atomic mass is 16.6. The average Bonchev–Trinajstić information content (AvgIpc) is 2.90. The molecule has 4 heterocycles. The molecule has 4 aliphatic rings. The predicted molar refractivity (Wildman–Crippen MR) is 132 cm³/mol. The highest BCUT2D eigenvalue weighted by Gasteiger charge is 2.56. The number of carbonyl (C=O) groups excluding carboxylic acids is 2. The number of fused-ring (bicyclic) bond motifs is 5. The van der Waals surface area contributed by atoms with Gasteiger partial charge in [0.2, 0.25) is 11.6 Å². The van der Waals surface area contributed by atoms with E-state index in [4.69, 9.17) is 10.5 Å². The Kier molecular flexibility index (Phi) is 5.43. The van der Waals surface area contributed by atoms with Gasteiger partial charge in [0.05, 0.1) is 13.1 Å². The zero-order chi connectivity index (χ0) is 24.9. The van der Waals surface area contributed by atoms with Crippen LogP contribution in [0.5, 0.6) is 0 Å². The predicted octanol–water partition coefficient (Wildman–Crippen LogP) is 2.60. The van der Waals surface area contributed by atoms with Gasteiger partial charge in [0.1, 0.15) is 12.2 Å². The molecule has 2 aromatic carbocycles. The lowest BCUT2D eigenvalue weighted by atomic mass is 9.74. The van der Waals surface area contributed by atoms with Crippen molar-refractivity contribution in [3.8, 4) is 0 Å². The van der Waals surface area contributed by atoms with E-state index < -0.39 is 29.6 Å². The van der Waals surface area contributed by atoms with Gasteiger partial charge in [0.25, 0.3) is 5.91 Å². The number of aliphatic hydroxyl groups is 1. The molecule has 0 spiro atoms. The van der Waals surface area contributed by atoms with E-state index in [1.165, 1.54) is 0 Å². The molecule has 36 heavy (non-hydrogen) atoms. The van der Waals surface area contributed by atoms with Crippen LogP contribution >= 0.6 is 0 Å². The summed E-state index contributed by atoms with van der Waals surface area (Å²) in [5.74, 6) is -0.899. The molecule has 7 rings (SSSR count). The largest absolute Gasteiger partial charge is 0.453 e. The molecule has 2 atom stereocenters. The number of esters is 1. The van der Waals surface area contributed by atoms with Crippen molar-refractivity contribution in [1.29, 1.82) is 0 Å². The summed E-state index contributed by atoms with van der Waals surface area (Å²) < 4.78 is 6.62. The molecule has 1 unspecified atom stereocenters. The molecule has 3 saturated heterocycles. The van der Waals surface area contributed by atoms with Crippen LogP contribution in [0.2, 0.25) is 0 Å². The molecule has 3 aliphatic heterocycles. The maximum Gasteiger partial charge on any atom is 0.348 e. The number of primary amides is 1. The van der Waals surface area contributed by atoms with E-state index in [1.54, 1.807) is 18.3 Å². The molecule has 1 aromatic heterocycles. The van der Waals surface area contributed by atoms with Gasteiger partial charge in [-0.3, -0.25) is 9.78 Å². The molecule has 1 aliphatic carbocycles. The lowest BCUT2D eigenvalue weighted by Gasteiger charge is -2.54. The fourth-order valence-corrected chi connectivity index (χ4v) is 6.74. The van der Waals surface area contributed by atoms with Crippen LogP contribution in [0.25, 0.3) is 0 Å². The minimum Gasteiger partial charge on any atom is -0.453 e. The van der Waals surface area contributed by atoms with Crippen LogP contribution in [-0.2, 0) is 26.3 Å². The van der Waals surface area contributed by atoms with Gasteiger partial charge < -0.3 is 20.1 Å². The minimum atomic E-state index is -1.88. The number of hydrogen-bond donors (Lipinski definition) is 2. The zero-order valence-electron chi connectivity index (χ0n) is 20.0. The van der Waals surface area contributed by atoms with Crippen LogP contribution in [0.15, 0.2) is 72.9 Å². The Labute approximate surface area is 210 Å². The Morgan fingerprint density at radius 3 is 2.17 bits per heavy atom. The monoisotopic (exact) mass is 484 g/mol. The summed E-state index contributed by atoms with van der Waals surface area (Å²) in [5, 5.41) is 12.0. The SMILES string of the molecule is NC(=O)C(c1ccccn1)[N+]12CCC(CC1)[C@@H](OC(=O)C1(O)c3ccccc3Cc3ccccc31)C2. The molecule has 184 valence electrons. The number of pyridine rings is 1. The molecule has 3 fully saturated rings. The molecule has 7 nitrogen and oxygen atoms in total. The lowest BCUT2D eigenvalue weighted by Crippen LogP contribution is -2.67. The van der Waals surface area contributed by atoms with Gasteiger partial charge in [-0.05, 0) is 29.7 Å². The molecule has 0 radical (unpaired) electrons. The van der Waals surface area contributed by atoms with Gasteiger partial charge >= 0.3 is 5.97 Å². The summed E-state index contributed by atoms with van der Waals surface area (Å²) in [7, 11) is 0. The van der Waals surface area contributed by atoms with Crippen molar-refractivity contribution in [3.63, 3.8) is 0 Å². The Bertz CT molecular complexity index is 1270. The number of nitrogens with zero attached hydrogens (tertiary/aromatic N) is 2. The number of benzene rings is 2. The Balaban J connectivity index is 1.34. The fourth-order valence-electron chi connectivity index (χ4n) is 6.74. The molecule has 1 amide bonds. The number of rotatable bonds is 5. The number of nitrogens with two attached hydrogens (primary N) is 1. The second kappa shape index (κ2) is 8.54. The lowest BCUT2D eigenvalue weighted by molar-refractivity contribution is -0.965. The van der Waals surface area contributed by atoms with Crippen LogP contribution < -0.4 is 5.73 Å². The first-order chi connectivity index (χ1) is 17.4. The van der Waals surface area contributed by atoms with Crippen LogP contribution in [0.3, 0.4) is 0 Å². The van der Waals surface area contributed by atoms with E-state index in [0.29, 0.717) is 34.3 Å². The molecule has 7 heteroatoms. The van der Waals surface area contributed by atoms with Crippen molar-refractivity contribution < 1.29 is 23.9 Å². The average molecular weight is 485 g/mol. The number of carbonyl (C=O) groups is 2. The second-order valence-electron chi connectivity index (χ2n) is 10.4. The first kappa shape index (κ1) is 22.9. The van der Waals surface area contributed by atoms with Gasteiger partial charge in [-0.15, -0.1) is 0 Å². The molecule has 0 saturated carbocycles. The number of piperidine rings is 3. The van der Waals surface area contributed by atoms with Gasteiger partial charge in [-0.2, -0.15) is 0 Å². The zero-order valence-corrected chi connectivity index (χ0v) is 20.0. The molecular weight excluding hydrogens is 454 g/mol. The number of quaternary nitrogens is 1. The van der Waals surface area contributed by atoms with E-state index in [0.717, 1.165) is 37.1 Å². The van der Waals surface area contributed by atoms with Crippen molar-refractivity contribution in [1.82, 2.24) is 4.98 Å².